The van der Waals surface area contributed by atoms with Gasteiger partial charge in [0, 0.05) is 12.2 Å². The number of carbonyl (C=O) groups excluding carboxylic acids is 2. The molecule has 1 heterocycles. The number of nitrogens with zero attached hydrogens (tertiary/aromatic N) is 1. The van der Waals surface area contributed by atoms with Gasteiger partial charge in [-0.25, -0.2) is 4.79 Å². The number of rotatable bonds is 2. The number of urea groups is 1. The van der Waals surface area contributed by atoms with Gasteiger partial charge in [0.1, 0.15) is 6.04 Å². The van der Waals surface area contributed by atoms with Crippen molar-refractivity contribution in [2.75, 3.05) is 11.9 Å². The smallest absolute Gasteiger partial charge is 0.319 e. The Morgan fingerprint density at radius 1 is 1.43 bits per heavy atom. The van der Waals surface area contributed by atoms with Crippen molar-refractivity contribution in [3.63, 3.8) is 0 Å². The Morgan fingerprint density at radius 3 is 3.00 bits per heavy atom. The first-order chi connectivity index (χ1) is 10.1. The lowest BCUT2D eigenvalue weighted by atomic mass is 10.1. The van der Waals surface area contributed by atoms with Gasteiger partial charge in [-0.15, -0.1) is 0 Å². The predicted molar refractivity (Wildman–Crippen MR) is 78.7 cm³/mol. The molecule has 1 aromatic carbocycles. The fraction of sp³-hybridized carbons (Fsp3) is 0.400. The molecule has 1 aliphatic rings. The third-order valence-electron chi connectivity index (χ3n) is 3.46. The molecule has 0 bridgehead atoms. The summed E-state index contributed by atoms with van der Waals surface area (Å²) in [7, 11) is 0. The molecular weight excluding hydrogens is 268 g/mol. The van der Waals surface area contributed by atoms with E-state index in [2.05, 4.69) is 16.0 Å². The molecule has 1 saturated heterocycles. The number of aryl methyl sites for hydroxylation is 1. The van der Waals surface area contributed by atoms with Gasteiger partial charge in [-0.2, -0.15) is 5.26 Å². The standard InChI is InChI=1S/C15H18N4O2/c1-10-5-6-11(9-16)8-13(10)19-15(21)18-12-4-2-3-7-17-14(12)20/h5-6,8,12H,2-4,7H2,1H3,(H,17,20)(H2,18,19,21). The van der Waals surface area contributed by atoms with Crippen LogP contribution in [0.15, 0.2) is 18.2 Å². The minimum Gasteiger partial charge on any atom is -0.354 e. The minimum atomic E-state index is -0.507. The summed E-state index contributed by atoms with van der Waals surface area (Å²) >= 11 is 0. The summed E-state index contributed by atoms with van der Waals surface area (Å²) in [5, 5.41) is 17.0. The van der Waals surface area contributed by atoms with Crippen molar-refractivity contribution in [1.29, 1.82) is 5.26 Å². The van der Waals surface area contributed by atoms with Gasteiger partial charge < -0.3 is 16.0 Å². The van der Waals surface area contributed by atoms with E-state index in [1.807, 2.05) is 13.0 Å². The Morgan fingerprint density at radius 2 is 2.24 bits per heavy atom. The van der Waals surface area contributed by atoms with Crippen LogP contribution in [0.3, 0.4) is 0 Å². The van der Waals surface area contributed by atoms with Gasteiger partial charge in [-0.1, -0.05) is 6.07 Å². The number of hydrogen-bond acceptors (Lipinski definition) is 3. The van der Waals surface area contributed by atoms with Crippen molar-refractivity contribution in [2.24, 2.45) is 0 Å². The molecule has 1 unspecified atom stereocenters. The first-order valence-corrected chi connectivity index (χ1v) is 6.96. The second-order valence-corrected chi connectivity index (χ2v) is 5.08. The fourth-order valence-corrected chi connectivity index (χ4v) is 2.22. The van der Waals surface area contributed by atoms with Crippen LogP contribution >= 0.6 is 0 Å². The molecule has 0 aliphatic carbocycles. The first kappa shape index (κ1) is 14.9. The number of nitrogens with one attached hydrogen (secondary N) is 3. The molecule has 2 rings (SSSR count). The largest absolute Gasteiger partial charge is 0.354 e. The van der Waals surface area contributed by atoms with Crippen molar-refractivity contribution < 1.29 is 9.59 Å². The van der Waals surface area contributed by atoms with Crippen molar-refractivity contribution in [3.05, 3.63) is 29.3 Å². The minimum absolute atomic E-state index is 0.148. The third kappa shape index (κ3) is 3.96. The zero-order valence-corrected chi connectivity index (χ0v) is 11.9. The lowest BCUT2D eigenvalue weighted by Gasteiger charge is -2.16. The van der Waals surface area contributed by atoms with Crippen LogP contribution in [-0.4, -0.2) is 24.5 Å². The average molecular weight is 286 g/mol. The number of amides is 3. The first-order valence-electron chi connectivity index (χ1n) is 6.96. The highest BCUT2D eigenvalue weighted by Gasteiger charge is 2.22. The van der Waals surface area contributed by atoms with Crippen LogP contribution in [0.1, 0.15) is 30.4 Å². The summed E-state index contributed by atoms with van der Waals surface area (Å²) < 4.78 is 0. The van der Waals surface area contributed by atoms with E-state index in [9.17, 15) is 9.59 Å². The Balaban J connectivity index is 2.01. The monoisotopic (exact) mass is 286 g/mol. The van der Waals surface area contributed by atoms with E-state index in [1.54, 1.807) is 18.2 Å². The lowest BCUT2D eigenvalue weighted by Crippen LogP contribution is -2.47. The highest BCUT2D eigenvalue weighted by atomic mass is 16.2. The van der Waals surface area contributed by atoms with Crippen molar-refractivity contribution in [2.45, 2.75) is 32.2 Å². The number of nitriles is 1. The fourth-order valence-electron chi connectivity index (χ4n) is 2.22. The van der Waals surface area contributed by atoms with E-state index in [0.29, 0.717) is 24.2 Å². The normalized spacial score (nSPS) is 18.1. The molecule has 110 valence electrons. The van der Waals surface area contributed by atoms with Crippen molar-refractivity contribution >= 4 is 17.6 Å². The van der Waals surface area contributed by atoms with Crippen LogP contribution in [-0.2, 0) is 4.79 Å². The van der Waals surface area contributed by atoms with Crippen molar-refractivity contribution in [3.8, 4) is 6.07 Å². The maximum Gasteiger partial charge on any atom is 0.319 e. The summed E-state index contributed by atoms with van der Waals surface area (Å²) in [6.45, 7) is 2.50. The lowest BCUT2D eigenvalue weighted by molar-refractivity contribution is -0.122. The maximum atomic E-state index is 12.0. The van der Waals surface area contributed by atoms with Crippen LogP contribution in [0.5, 0.6) is 0 Å². The molecule has 0 aromatic heterocycles. The molecule has 1 atom stereocenters. The molecule has 1 aliphatic heterocycles. The molecule has 1 aromatic rings. The van der Waals surface area contributed by atoms with Gasteiger partial charge in [0.25, 0.3) is 0 Å². The van der Waals surface area contributed by atoms with E-state index in [4.69, 9.17) is 5.26 Å². The maximum absolute atomic E-state index is 12.0. The number of benzene rings is 1. The van der Waals surface area contributed by atoms with E-state index < -0.39 is 12.1 Å². The van der Waals surface area contributed by atoms with Gasteiger partial charge in [0.05, 0.1) is 11.6 Å². The predicted octanol–water partition coefficient (Wildman–Crippen LogP) is 1.66. The molecular formula is C15H18N4O2. The zero-order chi connectivity index (χ0) is 15.2. The summed E-state index contributed by atoms with van der Waals surface area (Å²) in [6, 6.07) is 6.16. The number of hydrogen-bond donors (Lipinski definition) is 3. The Hall–Kier alpha value is -2.55. The van der Waals surface area contributed by atoms with E-state index in [0.717, 1.165) is 18.4 Å². The Kier molecular flexibility index (Phi) is 4.77. The van der Waals surface area contributed by atoms with Gasteiger partial charge in [-0.3, -0.25) is 4.79 Å². The second kappa shape index (κ2) is 6.75. The SMILES string of the molecule is Cc1ccc(C#N)cc1NC(=O)NC1CCCCNC1=O. The van der Waals surface area contributed by atoms with Crippen molar-refractivity contribution in [1.82, 2.24) is 10.6 Å². The van der Waals surface area contributed by atoms with Gasteiger partial charge in [0.15, 0.2) is 0 Å². The number of anilines is 1. The number of carbonyl (C=O) groups is 2. The van der Waals surface area contributed by atoms with Gasteiger partial charge >= 0.3 is 6.03 Å². The zero-order valence-electron chi connectivity index (χ0n) is 11.9. The molecule has 3 amide bonds. The molecule has 0 saturated carbocycles. The van der Waals surface area contributed by atoms with Gasteiger partial charge in [-0.05, 0) is 43.9 Å². The molecule has 3 N–H and O–H groups in total. The third-order valence-corrected chi connectivity index (χ3v) is 3.46. The molecule has 6 nitrogen and oxygen atoms in total. The van der Waals surface area contributed by atoms with Crippen LogP contribution in [0.2, 0.25) is 0 Å². The topological polar surface area (TPSA) is 94.0 Å². The van der Waals surface area contributed by atoms with Crippen LogP contribution < -0.4 is 16.0 Å². The average Bonchev–Trinajstić information content (AvgIpc) is 2.66. The summed E-state index contributed by atoms with van der Waals surface area (Å²) in [5.41, 5.74) is 1.90. The van der Waals surface area contributed by atoms with Crippen LogP contribution in [0, 0.1) is 18.3 Å². The van der Waals surface area contributed by atoms with Crippen LogP contribution in [0.4, 0.5) is 10.5 Å². The Labute approximate surface area is 123 Å². The molecule has 21 heavy (non-hydrogen) atoms. The molecule has 6 heteroatoms. The second-order valence-electron chi connectivity index (χ2n) is 5.08. The molecule has 0 spiro atoms. The van der Waals surface area contributed by atoms with Gasteiger partial charge in [0.2, 0.25) is 5.91 Å². The highest BCUT2D eigenvalue weighted by molar-refractivity contribution is 5.94. The van der Waals surface area contributed by atoms with Crippen LogP contribution in [0.25, 0.3) is 0 Å². The molecule has 0 radical (unpaired) electrons. The quantitative estimate of drug-likeness (QED) is 0.771. The summed E-state index contributed by atoms with van der Waals surface area (Å²) in [4.78, 5) is 23.8. The van der Waals surface area contributed by atoms with E-state index in [1.165, 1.54) is 0 Å². The van der Waals surface area contributed by atoms with E-state index >= 15 is 0 Å². The highest BCUT2D eigenvalue weighted by Crippen LogP contribution is 2.16. The van der Waals surface area contributed by atoms with E-state index in [-0.39, 0.29) is 5.91 Å². The summed E-state index contributed by atoms with van der Waals surface area (Å²) in [5.74, 6) is -0.148. The summed E-state index contributed by atoms with van der Waals surface area (Å²) in [6.07, 6.45) is 2.46. The Bertz CT molecular complexity index is 592. The molecule has 1 fully saturated rings.